The van der Waals surface area contributed by atoms with Gasteiger partial charge in [-0.15, -0.1) is 0 Å². The number of aryl methyl sites for hydroxylation is 2. The van der Waals surface area contributed by atoms with E-state index in [0.29, 0.717) is 11.1 Å². The first-order valence-corrected chi connectivity index (χ1v) is 9.42. The quantitative estimate of drug-likeness (QED) is 0.736. The van der Waals surface area contributed by atoms with Crippen LogP contribution in [0.3, 0.4) is 0 Å². The number of carbonyl (C=O) groups is 1. The van der Waals surface area contributed by atoms with Gasteiger partial charge in [-0.3, -0.25) is 4.79 Å². The number of hydrogen-bond acceptors (Lipinski definition) is 6. The molecule has 0 fully saturated rings. The zero-order valence-corrected chi connectivity index (χ0v) is 15.7. The molecule has 0 amide bonds. The maximum Gasteiger partial charge on any atom is 0.224 e. The number of ether oxygens (including phenoxy) is 1. The van der Waals surface area contributed by atoms with Gasteiger partial charge in [-0.05, 0) is 31.0 Å². The molecule has 0 unspecified atom stereocenters. The molecule has 9 heteroatoms. The van der Waals surface area contributed by atoms with E-state index in [9.17, 15) is 13.2 Å². The molecule has 2 rings (SSSR count). The van der Waals surface area contributed by atoms with Gasteiger partial charge < -0.3 is 4.74 Å². The highest BCUT2D eigenvalue weighted by molar-refractivity contribution is 7.90. The fraction of sp³-hybridized carbons (Fsp3) is 0.312. The highest BCUT2D eigenvalue weighted by Gasteiger charge is 2.26. The van der Waals surface area contributed by atoms with Crippen molar-refractivity contribution in [3.63, 3.8) is 0 Å². The van der Waals surface area contributed by atoms with Gasteiger partial charge in [0, 0.05) is 18.9 Å². The number of hydrogen-bond donors (Lipinski definition) is 0. The maximum atomic E-state index is 12.9. The van der Waals surface area contributed by atoms with E-state index in [0.717, 1.165) is 6.26 Å². The predicted octanol–water partition coefficient (Wildman–Crippen LogP) is 2.23. The molecule has 0 saturated carbocycles. The first kappa shape index (κ1) is 19.0. The fourth-order valence-corrected chi connectivity index (χ4v) is 4.27. The van der Waals surface area contributed by atoms with Crippen molar-refractivity contribution in [3.05, 3.63) is 39.5 Å². The average Bonchev–Trinajstić information content (AvgIpc) is 2.87. The van der Waals surface area contributed by atoms with E-state index in [1.807, 2.05) is 6.07 Å². The molecule has 0 N–H and O–H groups in total. The van der Waals surface area contributed by atoms with Gasteiger partial charge in [0.05, 0.1) is 16.1 Å². The Morgan fingerprint density at radius 3 is 2.60 bits per heavy atom. The van der Waals surface area contributed by atoms with Crippen LogP contribution in [0.2, 0.25) is 5.02 Å². The van der Waals surface area contributed by atoms with Gasteiger partial charge in [0.15, 0.2) is 16.4 Å². The van der Waals surface area contributed by atoms with Crippen molar-refractivity contribution in [1.82, 2.24) is 9.78 Å². The fourth-order valence-electron chi connectivity index (χ4n) is 2.68. The Morgan fingerprint density at radius 2 is 2.04 bits per heavy atom. The SMILES string of the molecule is Cc1cc(C(=O)c2cnn(C)c2OCC#N)c(Cl)c(C)c1S(C)(=O)=O. The summed E-state index contributed by atoms with van der Waals surface area (Å²) in [5.74, 6) is -0.317. The van der Waals surface area contributed by atoms with E-state index in [1.54, 1.807) is 20.9 Å². The van der Waals surface area contributed by atoms with Crippen LogP contribution in [-0.4, -0.2) is 36.8 Å². The first-order chi connectivity index (χ1) is 11.6. The van der Waals surface area contributed by atoms with Crippen LogP contribution >= 0.6 is 11.6 Å². The summed E-state index contributed by atoms with van der Waals surface area (Å²) in [5, 5.41) is 12.7. The van der Waals surface area contributed by atoms with Gasteiger partial charge in [-0.2, -0.15) is 10.4 Å². The zero-order chi connectivity index (χ0) is 18.9. The van der Waals surface area contributed by atoms with Crippen molar-refractivity contribution >= 4 is 27.2 Å². The predicted molar refractivity (Wildman–Crippen MR) is 91.8 cm³/mol. The monoisotopic (exact) mass is 381 g/mol. The number of sulfone groups is 1. The number of halogens is 1. The summed E-state index contributed by atoms with van der Waals surface area (Å²) in [7, 11) is -1.91. The van der Waals surface area contributed by atoms with Crippen molar-refractivity contribution < 1.29 is 17.9 Å². The van der Waals surface area contributed by atoms with Gasteiger partial charge in [0.2, 0.25) is 11.7 Å². The average molecular weight is 382 g/mol. The van der Waals surface area contributed by atoms with E-state index < -0.39 is 15.6 Å². The molecule has 0 radical (unpaired) electrons. The lowest BCUT2D eigenvalue weighted by atomic mass is 10.0. The number of aromatic nitrogens is 2. The lowest BCUT2D eigenvalue weighted by molar-refractivity contribution is 0.103. The van der Waals surface area contributed by atoms with Crippen molar-refractivity contribution in [1.29, 1.82) is 5.26 Å². The third kappa shape index (κ3) is 3.52. The minimum absolute atomic E-state index is 0.0612. The molecule has 0 aliphatic carbocycles. The molecule has 0 atom stereocenters. The zero-order valence-electron chi connectivity index (χ0n) is 14.1. The molecular weight excluding hydrogens is 366 g/mol. The van der Waals surface area contributed by atoms with E-state index in [-0.39, 0.29) is 33.5 Å². The molecule has 0 aliphatic heterocycles. The molecule has 25 heavy (non-hydrogen) atoms. The van der Waals surface area contributed by atoms with Crippen LogP contribution < -0.4 is 4.74 Å². The second-order valence-corrected chi connectivity index (χ2v) is 7.87. The number of ketones is 1. The van der Waals surface area contributed by atoms with Crippen molar-refractivity contribution in [2.45, 2.75) is 18.7 Å². The summed E-state index contributed by atoms with van der Waals surface area (Å²) >= 11 is 6.28. The number of nitriles is 1. The summed E-state index contributed by atoms with van der Waals surface area (Å²) in [4.78, 5) is 13.0. The number of carbonyl (C=O) groups excluding carboxylic acids is 1. The molecular formula is C16H16ClN3O4S. The van der Waals surface area contributed by atoms with E-state index in [4.69, 9.17) is 21.6 Å². The third-order valence-electron chi connectivity index (χ3n) is 3.64. The highest BCUT2D eigenvalue weighted by atomic mass is 35.5. The molecule has 1 aromatic carbocycles. The number of benzene rings is 1. The Hall–Kier alpha value is -2.37. The lowest BCUT2D eigenvalue weighted by Crippen LogP contribution is -2.11. The van der Waals surface area contributed by atoms with Gasteiger partial charge in [0.25, 0.3) is 0 Å². The molecule has 7 nitrogen and oxygen atoms in total. The van der Waals surface area contributed by atoms with E-state index in [1.165, 1.54) is 16.9 Å². The Bertz CT molecular complexity index is 1000. The molecule has 0 saturated heterocycles. The molecule has 0 spiro atoms. The van der Waals surface area contributed by atoms with E-state index in [2.05, 4.69) is 5.10 Å². The normalized spacial score (nSPS) is 11.2. The van der Waals surface area contributed by atoms with Crippen LogP contribution in [0.4, 0.5) is 0 Å². The van der Waals surface area contributed by atoms with Crippen LogP contribution in [0.25, 0.3) is 0 Å². The second kappa shape index (κ2) is 6.86. The Balaban J connectivity index is 2.61. The van der Waals surface area contributed by atoms with Crippen LogP contribution in [-0.2, 0) is 16.9 Å². The summed E-state index contributed by atoms with van der Waals surface area (Å²) in [6.45, 7) is 2.92. The van der Waals surface area contributed by atoms with Crippen LogP contribution in [0, 0.1) is 25.2 Å². The van der Waals surface area contributed by atoms with Crippen molar-refractivity contribution in [3.8, 4) is 11.9 Å². The summed E-state index contributed by atoms with van der Waals surface area (Å²) in [6, 6.07) is 3.27. The topological polar surface area (TPSA) is 102 Å². The number of nitrogens with zero attached hydrogens (tertiary/aromatic N) is 3. The minimum atomic E-state index is -3.48. The van der Waals surface area contributed by atoms with Gasteiger partial charge in [0.1, 0.15) is 11.6 Å². The van der Waals surface area contributed by atoms with Crippen molar-refractivity contribution in [2.24, 2.45) is 7.05 Å². The van der Waals surface area contributed by atoms with Gasteiger partial charge in [-0.25, -0.2) is 13.1 Å². The molecule has 0 aliphatic rings. The largest absolute Gasteiger partial charge is 0.462 e. The number of rotatable bonds is 5. The standard InChI is InChI=1S/C16H16ClN3O4S/c1-9-7-11(13(17)10(2)15(9)25(4,22)23)14(21)12-8-19-20(3)16(12)24-6-5-18/h7-8H,6H2,1-4H3. The summed E-state index contributed by atoms with van der Waals surface area (Å²) in [5.41, 5.74) is 1.04. The Labute approximate surface area is 150 Å². The van der Waals surface area contributed by atoms with Crippen molar-refractivity contribution in [2.75, 3.05) is 12.9 Å². The summed E-state index contributed by atoms with van der Waals surface area (Å²) in [6.07, 6.45) is 2.41. The third-order valence-corrected chi connectivity index (χ3v) is 5.50. The smallest absolute Gasteiger partial charge is 0.224 e. The Kier molecular flexibility index (Phi) is 5.20. The van der Waals surface area contributed by atoms with Gasteiger partial charge >= 0.3 is 0 Å². The molecule has 132 valence electrons. The van der Waals surface area contributed by atoms with E-state index >= 15 is 0 Å². The molecule has 1 aromatic heterocycles. The minimum Gasteiger partial charge on any atom is -0.462 e. The van der Waals surface area contributed by atoms with Crippen LogP contribution in [0.1, 0.15) is 27.0 Å². The van der Waals surface area contributed by atoms with Gasteiger partial charge in [-0.1, -0.05) is 11.6 Å². The second-order valence-electron chi connectivity index (χ2n) is 5.54. The Morgan fingerprint density at radius 1 is 1.40 bits per heavy atom. The highest BCUT2D eigenvalue weighted by Crippen LogP contribution is 2.33. The molecule has 2 aromatic rings. The summed E-state index contributed by atoms with van der Waals surface area (Å²) < 4.78 is 30.5. The van der Waals surface area contributed by atoms with Crippen LogP contribution in [0.15, 0.2) is 17.2 Å². The van der Waals surface area contributed by atoms with Crippen LogP contribution in [0.5, 0.6) is 5.88 Å². The molecule has 0 bridgehead atoms. The first-order valence-electron chi connectivity index (χ1n) is 7.15. The molecule has 1 heterocycles. The lowest BCUT2D eigenvalue weighted by Gasteiger charge is -2.13. The maximum absolute atomic E-state index is 12.9.